The van der Waals surface area contributed by atoms with Crippen LogP contribution in [0.4, 0.5) is 0 Å². The van der Waals surface area contributed by atoms with Crippen molar-refractivity contribution in [2.45, 2.75) is 51.6 Å². The van der Waals surface area contributed by atoms with E-state index >= 15 is 0 Å². The molecule has 1 unspecified atom stereocenters. The molecule has 0 aromatic carbocycles. The maximum atomic E-state index is 4.58. The second kappa shape index (κ2) is 4.21. The van der Waals surface area contributed by atoms with E-state index in [-0.39, 0.29) is 0 Å². The lowest BCUT2D eigenvalue weighted by Gasteiger charge is -2.22. The standard InChI is InChI=1S/C13H21N3/c1-10-13-12(6-7-14-10)16(9-15-13)8-11-4-2-3-5-11/h9-11,14H,2-8H2,1H3. The van der Waals surface area contributed by atoms with Crippen LogP contribution in [0.3, 0.4) is 0 Å². The second-order valence-corrected chi connectivity index (χ2v) is 5.31. The van der Waals surface area contributed by atoms with E-state index in [0.29, 0.717) is 6.04 Å². The van der Waals surface area contributed by atoms with Gasteiger partial charge in [-0.3, -0.25) is 0 Å². The summed E-state index contributed by atoms with van der Waals surface area (Å²) in [6.07, 6.45) is 8.90. The fraction of sp³-hybridized carbons (Fsp3) is 0.769. The molecular weight excluding hydrogens is 198 g/mol. The summed E-state index contributed by atoms with van der Waals surface area (Å²) in [4.78, 5) is 4.58. The van der Waals surface area contributed by atoms with Gasteiger partial charge in [-0.15, -0.1) is 0 Å². The number of fused-ring (bicyclic) bond motifs is 1. The van der Waals surface area contributed by atoms with Gasteiger partial charge < -0.3 is 9.88 Å². The molecule has 88 valence electrons. The minimum Gasteiger partial charge on any atom is -0.334 e. The van der Waals surface area contributed by atoms with Gasteiger partial charge in [0.15, 0.2) is 0 Å². The number of imidazole rings is 1. The van der Waals surface area contributed by atoms with Gasteiger partial charge in [-0.05, 0) is 25.7 Å². The third-order valence-corrected chi connectivity index (χ3v) is 4.13. The van der Waals surface area contributed by atoms with E-state index in [0.717, 1.165) is 18.9 Å². The Hall–Kier alpha value is -0.830. The third-order valence-electron chi connectivity index (χ3n) is 4.13. The molecule has 2 heterocycles. The predicted octanol–water partition coefficient (Wildman–Crippen LogP) is 2.28. The summed E-state index contributed by atoms with van der Waals surface area (Å²) in [5, 5.41) is 3.47. The Balaban J connectivity index is 1.79. The number of hydrogen-bond acceptors (Lipinski definition) is 2. The molecule has 0 saturated heterocycles. The minimum absolute atomic E-state index is 0.438. The maximum absolute atomic E-state index is 4.58. The molecule has 16 heavy (non-hydrogen) atoms. The van der Waals surface area contributed by atoms with Crippen molar-refractivity contribution in [1.82, 2.24) is 14.9 Å². The molecule has 0 radical (unpaired) electrons. The summed E-state index contributed by atoms with van der Waals surface area (Å²) >= 11 is 0. The number of nitrogens with zero attached hydrogens (tertiary/aromatic N) is 2. The first-order valence-electron chi connectivity index (χ1n) is 6.62. The van der Waals surface area contributed by atoms with Crippen molar-refractivity contribution in [2.75, 3.05) is 6.54 Å². The molecule has 3 nitrogen and oxygen atoms in total. The van der Waals surface area contributed by atoms with E-state index < -0.39 is 0 Å². The molecule has 1 aromatic heterocycles. The molecular formula is C13H21N3. The van der Waals surface area contributed by atoms with Crippen LogP contribution in [0.25, 0.3) is 0 Å². The average molecular weight is 219 g/mol. The van der Waals surface area contributed by atoms with E-state index in [1.165, 1.54) is 43.6 Å². The van der Waals surface area contributed by atoms with Gasteiger partial charge >= 0.3 is 0 Å². The molecule has 1 aromatic rings. The van der Waals surface area contributed by atoms with Gasteiger partial charge in [-0.2, -0.15) is 0 Å². The van der Waals surface area contributed by atoms with Gasteiger partial charge in [-0.1, -0.05) is 12.8 Å². The van der Waals surface area contributed by atoms with Crippen molar-refractivity contribution < 1.29 is 0 Å². The SMILES string of the molecule is CC1NCCc2c1ncn2CC1CCCC1. The smallest absolute Gasteiger partial charge is 0.0952 e. The molecule has 0 spiro atoms. The monoisotopic (exact) mass is 219 g/mol. The highest BCUT2D eigenvalue weighted by Gasteiger charge is 2.23. The summed E-state index contributed by atoms with van der Waals surface area (Å²) < 4.78 is 2.42. The first-order valence-corrected chi connectivity index (χ1v) is 6.62. The first kappa shape index (κ1) is 10.3. The summed E-state index contributed by atoms with van der Waals surface area (Å²) in [6.45, 7) is 4.52. The highest BCUT2D eigenvalue weighted by molar-refractivity contribution is 5.20. The number of hydrogen-bond donors (Lipinski definition) is 1. The number of rotatable bonds is 2. The van der Waals surface area contributed by atoms with Gasteiger partial charge in [0.05, 0.1) is 12.0 Å². The van der Waals surface area contributed by atoms with Crippen LogP contribution in [0.2, 0.25) is 0 Å². The Bertz CT molecular complexity index is 363. The molecule has 1 saturated carbocycles. The lowest BCUT2D eigenvalue weighted by Crippen LogP contribution is -2.29. The van der Waals surface area contributed by atoms with Crippen LogP contribution in [0.5, 0.6) is 0 Å². The van der Waals surface area contributed by atoms with Crippen molar-refractivity contribution in [2.24, 2.45) is 5.92 Å². The molecule has 3 heteroatoms. The van der Waals surface area contributed by atoms with E-state index in [1.54, 1.807) is 0 Å². The van der Waals surface area contributed by atoms with Crippen LogP contribution in [0, 0.1) is 5.92 Å². The molecule has 1 atom stereocenters. The summed E-state index contributed by atoms with van der Waals surface area (Å²) in [5.74, 6) is 0.906. The molecule has 0 bridgehead atoms. The normalized spacial score (nSPS) is 25.9. The van der Waals surface area contributed by atoms with Gasteiger partial charge in [0.25, 0.3) is 0 Å². The zero-order chi connectivity index (χ0) is 11.0. The molecule has 1 aliphatic heterocycles. The molecule has 2 aliphatic rings. The van der Waals surface area contributed by atoms with Crippen molar-refractivity contribution in [3.63, 3.8) is 0 Å². The minimum atomic E-state index is 0.438. The van der Waals surface area contributed by atoms with Crippen LogP contribution in [0.15, 0.2) is 6.33 Å². The van der Waals surface area contributed by atoms with Crippen LogP contribution < -0.4 is 5.32 Å². The molecule has 1 fully saturated rings. The molecule has 0 amide bonds. The van der Waals surface area contributed by atoms with Crippen molar-refractivity contribution in [3.8, 4) is 0 Å². The zero-order valence-corrected chi connectivity index (χ0v) is 10.1. The van der Waals surface area contributed by atoms with Crippen LogP contribution in [-0.4, -0.2) is 16.1 Å². The number of nitrogens with one attached hydrogen (secondary N) is 1. The average Bonchev–Trinajstić information content (AvgIpc) is 2.90. The van der Waals surface area contributed by atoms with Crippen LogP contribution in [-0.2, 0) is 13.0 Å². The largest absolute Gasteiger partial charge is 0.334 e. The quantitative estimate of drug-likeness (QED) is 0.827. The van der Waals surface area contributed by atoms with E-state index in [9.17, 15) is 0 Å². The summed E-state index contributed by atoms with van der Waals surface area (Å²) in [5.41, 5.74) is 2.77. The third kappa shape index (κ3) is 1.77. The van der Waals surface area contributed by atoms with Crippen molar-refractivity contribution in [3.05, 3.63) is 17.7 Å². The topological polar surface area (TPSA) is 29.9 Å². The zero-order valence-electron chi connectivity index (χ0n) is 10.1. The second-order valence-electron chi connectivity index (χ2n) is 5.31. The molecule has 1 aliphatic carbocycles. The van der Waals surface area contributed by atoms with E-state index in [4.69, 9.17) is 0 Å². The van der Waals surface area contributed by atoms with Gasteiger partial charge in [-0.25, -0.2) is 4.98 Å². The summed E-state index contributed by atoms with van der Waals surface area (Å²) in [6, 6.07) is 0.438. The Labute approximate surface area is 97.3 Å². The molecule has 1 N–H and O–H groups in total. The first-order chi connectivity index (χ1) is 7.84. The summed E-state index contributed by atoms with van der Waals surface area (Å²) in [7, 11) is 0. The maximum Gasteiger partial charge on any atom is 0.0952 e. The Morgan fingerprint density at radius 3 is 3.06 bits per heavy atom. The highest BCUT2D eigenvalue weighted by Crippen LogP contribution is 2.28. The van der Waals surface area contributed by atoms with Crippen molar-refractivity contribution in [1.29, 1.82) is 0 Å². The predicted molar refractivity (Wildman–Crippen MR) is 64.3 cm³/mol. The van der Waals surface area contributed by atoms with Gasteiger partial charge in [0.2, 0.25) is 0 Å². The van der Waals surface area contributed by atoms with Crippen LogP contribution >= 0.6 is 0 Å². The lowest BCUT2D eigenvalue weighted by molar-refractivity contribution is 0.437. The Kier molecular flexibility index (Phi) is 2.72. The van der Waals surface area contributed by atoms with Crippen LogP contribution in [0.1, 0.15) is 50.0 Å². The van der Waals surface area contributed by atoms with Gasteiger partial charge in [0, 0.05) is 31.2 Å². The Morgan fingerprint density at radius 2 is 2.25 bits per heavy atom. The fourth-order valence-corrected chi connectivity index (χ4v) is 3.19. The van der Waals surface area contributed by atoms with E-state index in [1.807, 2.05) is 0 Å². The fourth-order valence-electron chi connectivity index (χ4n) is 3.19. The highest BCUT2D eigenvalue weighted by atomic mass is 15.1. The van der Waals surface area contributed by atoms with Gasteiger partial charge in [0.1, 0.15) is 0 Å². The lowest BCUT2D eigenvalue weighted by atomic mass is 10.1. The Morgan fingerprint density at radius 1 is 1.44 bits per heavy atom. The number of aromatic nitrogens is 2. The van der Waals surface area contributed by atoms with E-state index in [2.05, 4.69) is 28.1 Å². The van der Waals surface area contributed by atoms with Crippen molar-refractivity contribution >= 4 is 0 Å². The molecule has 3 rings (SSSR count).